The van der Waals surface area contributed by atoms with Crippen LogP contribution in [0, 0.1) is 18.6 Å². The lowest BCUT2D eigenvalue weighted by molar-refractivity contribution is 0.102. The molecule has 25 heavy (non-hydrogen) atoms. The number of carbonyl (C=O) groups excluding carboxylic acids is 1. The number of anilines is 1. The van der Waals surface area contributed by atoms with Crippen molar-refractivity contribution in [1.29, 1.82) is 0 Å². The summed E-state index contributed by atoms with van der Waals surface area (Å²) in [4.78, 5) is 17.5. The third-order valence-corrected chi connectivity index (χ3v) is 4.45. The minimum Gasteiger partial charge on any atom is -0.497 e. The van der Waals surface area contributed by atoms with Crippen LogP contribution >= 0.6 is 11.3 Å². The zero-order valence-corrected chi connectivity index (χ0v) is 14.3. The summed E-state index contributed by atoms with van der Waals surface area (Å²) in [6, 6.07) is 10.4. The molecule has 2 aromatic carbocycles. The molecule has 0 saturated heterocycles. The number of methoxy groups -OCH3 is 1. The Morgan fingerprint density at radius 2 is 1.84 bits per heavy atom. The Balaban J connectivity index is 1.81. The van der Waals surface area contributed by atoms with Crippen molar-refractivity contribution in [3.63, 3.8) is 0 Å². The van der Waals surface area contributed by atoms with Gasteiger partial charge in [-0.15, -0.1) is 11.3 Å². The Hall–Kier alpha value is -2.80. The fraction of sp³-hybridized carbons (Fsp3) is 0.111. The first-order valence-electron chi connectivity index (χ1n) is 7.36. The van der Waals surface area contributed by atoms with Crippen LogP contribution in [-0.2, 0) is 0 Å². The van der Waals surface area contributed by atoms with Crippen LogP contribution in [-0.4, -0.2) is 18.0 Å². The number of nitrogens with zero attached hydrogens (tertiary/aromatic N) is 1. The zero-order chi connectivity index (χ0) is 18.0. The molecule has 0 aliphatic rings. The minimum absolute atomic E-state index is 0.0257. The predicted octanol–water partition coefficient (Wildman–Crippen LogP) is 4.66. The Bertz CT molecular complexity index is 923. The van der Waals surface area contributed by atoms with Crippen molar-refractivity contribution in [2.45, 2.75) is 6.92 Å². The van der Waals surface area contributed by atoms with Crippen LogP contribution < -0.4 is 10.1 Å². The first-order chi connectivity index (χ1) is 12.0. The molecule has 1 aromatic heterocycles. The van der Waals surface area contributed by atoms with Crippen LogP contribution in [0.3, 0.4) is 0 Å². The molecule has 1 amide bonds. The molecular formula is C18H14F2N2O2S. The second-order valence-corrected chi connectivity index (χ2v) is 6.44. The quantitative estimate of drug-likeness (QED) is 0.736. The molecule has 0 bridgehead atoms. The molecule has 0 saturated carbocycles. The number of aryl methyl sites for hydroxylation is 1. The van der Waals surface area contributed by atoms with Crippen LogP contribution in [0.15, 0.2) is 42.5 Å². The molecule has 0 radical (unpaired) electrons. The molecule has 3 rings (SSSR count). The number of halogens is 2. The summed E-state index contributed by atoms with van der Waals surface area (Å²) in [6.45, 7) is 1.89. The van der Waals surface area contributed by atoms with Gasteiger partial charge in [0.2, 0.25) is 0 Å². The van der Waals surface area contributed by atoms with Gasteiger partial charge < -0.3 is 4.74 Å². The second-order valence-electron chi connectivity index (χ2n) is 5.24. The predicted molar refractivity (Wildman–Crippen MR) is 93.2 cm³/mol. The average Bonchev–Trinajstić information content (AvgIpc) is 2.97. The number of ether oxygens (including phenoxy) is 1. The third-order valence-electron chi connectivity index (χ3n) is 3.56. The van der Waals surface area contributed by atoms with E-state index >= 15 is 0 Å². The lowest BCUT2D eigenvalue weighted by Gasteiger charge is -2.03. The van der Waals surface area contributed by atoms with Gasteiger partial charge in [-0.2, -0.15) is 0 Å². The Morgan fingerprint density at radius 3 is 2.48 bits per heavy atom. The van der Waals surface area contributed by atoms with E-state index < -0.39 is 17.5 Å². The van der Waals surface area contributed by atoms with E-state index in [4.69, 9.17) is 4.74 Å². The summed E-state index contributed by atoms with van der Waals surface area (Å²) < 4.78 is 31.3. The van der Waals surface area contributed by atoms with Gasteiger partial charge in [0.15, 0.2) is 16.8 Å². The molecule has 0 unspecified atom stereocenters. The lowest BCUT2D eigenvalue weighted by atomic mass is 10.1. The molecule has 128 valence electrons. The summed E-state index contributed by atoms with van der Waals surface area (Å²) in [5.74, 6) is -1.87. The molecule has 0 spiro atoms. The normalized spacial score (nSPS) is 10.6. The van der Waals surface area contributed by atoms with Gasteiger partial charge in [-0.1, -0.05) is 0 Å². The standard InChI is InChI=1S/C18H14F2N2O2S/c1-10-16(11-3-6-13(24-2)7-4-11)21-18(25-10)22-17(23)12-5-8-14(19)15(20)9-12/h3-9H,1-2H3,(H,21,22,23). The van der Waals surface area contributed by atoms with Crippen molar-refractivity contribution < 1.29 is 18.3 Å². The van der Waals surface area contributed by atoms with Gasteiger partial charge in [0.1, 0.15) is 5.75 Å². The highest BCUT2D eigenvalue weighted by Crippen LogP contribution is 2.31. The van der Waals surface area contributed by atoms with E-state index in [0.717, 1.165) is 34.0 Å². The molecule has 1 N–H and O–H groups in total. The van der Waals surface area contributed by atoms with Crippen LogP contribution in [0.2, 0.25) is 0 Å². The molecule has 1 heterocycles. The molecule has 4 nitrogen and oxygen atoms in total. The smallest absolute Gasteiger partial charge is 0.257 e. The number of hydrogen-bond donors (Lipinski definition) is 1. The number of hydrogen-bond acceptors (Lipinski definition) is 4. The lowest BCUT2D eigenvalue weighted by Crippen LogP contribution is -2.12. The Morgan fingerprint density at radius 1 is 1.12 bits per heavy atom. The minimum atomic E-state index is -1.07. The van der Waals surface area contributed by atoms with E-state index in [2.05, 4.69) is 10.3 Å². The highest BCUT2D eigenvalue weighted by Gasteiger charge is 2.14. The van der Waals surface area contributed by atoms with E-state index in [-0.39, 0.29) is 5.56 Å². The van der Waals surface area contributed by atoms with Crippen molar-refractivity contribution in [3.05, 3.63) is 64.5 Å². The third kappa shape index (κ3) is 3.66. The van der Waals surface area contributed by atoms with Gasteiger partial charge >= 0.3 is 0 Å². The number of aromatic nitrogens is 1. The maximum atomic E-state index is 13.3. The molecule has 0 fully saturated rings. The molecule has 3 aromatic rings. The van der Waals surface area contributed by atoms with Gasteiger partial charge in [-0.05, 0) is 49.4 Å². The summed E-state index contributed by atoms with van der Waals surface area (Å²) in [5.41, 5.74) is 1.66. The largest absolute Gasteiger partial charge is 0.497 e. The van der Waals surface area contributed by atoms with E-state index in [9.17, 15) is 13.6 Å². The molecule has 0 atom stereocenters. The number of nitrogens with one attached hydrogen (secondary N) is 1. The van der Waals surface area contributed by atoms with Crippen molar-refractivity contribution in [2.24, 2.45) is 0 Å². The van der Waals surface area contributed by atoms with Crippen molar-refractivity contribution in [1.82, 2.24) is 4.98 Å². The summed E-state index contributed by atoms with van der Waals surface area (Å²) in [5, 5.41) is 3.00. The SMILES string of the molecule is COc1ccc(-c2nc(NC(=O)c3ccc(F)c(F)c3)sc2C)cc1. The molecule has 0 aliphatic carbocycles. The van der Waals surface area contributed by atoms with E-state index in [1.165, 1.54) is 17.4 Å². The van der Waals surface area contributed by atoms with Gasteiger partial charge in [0.25, 0.3) is 5.91 Å². The van der Waals surface area contributed by atoms with E-state index in [1.54, 1.807) is 7.11 Å². The number of rotatable bonds is 4. The zero-order valence-electron chi connectivity index (χ0n) is 13.5. The first-order valence-corrected chi connectivity index (χ1v) is 8.18. The second kappa shape index (κ2) is 6.98. The molecular weight excluding hydrogens is 346 g/mol. The number of carbonyl (C=O) groups is 1. The fourth-order valence-electron chi connectivity index (χ4n) is 2.27. The van der Waals surface area contributed by atoms with Gasteiger partial charge in [0.05, 0.1) is 12.8 Å². The van der Waals surface area contributed by atoms with Gasteiger partial charge in [-0.25, -0.2) is 13.8 Å². The monoisotopic (exact) mass is 360 g/mol. The Kier molecular flexibility index (Phi) is 4.76. The van der Waals surface area contributed by atoms with Crippen LogP contribution in [0.25, 0.3) is 11.3 Å². The van der Waals surface area contributed by atoms with Crippen molar-refractivity contribution in [3.8, 4) is 17.0 Å². The topological polar surface area (TPSA) is 51.2 Å². The summed E-state index contributed by atoms with van der Waals surface area (Å²) in [7, 11) is 1.59. The molecule has 7 heteroatoms. The maximum Gasteiger partial charge on any atom is 0.257 e. The van der Waals surface area contributed by atoms with Crippen LogP contribution in [0.1, 0.15) is 15.2 Å². The van der Waals surface area contributed by atoms with Gasteiger partial charge in [0, 0.05) is 16.0 Å². The van der Waals surface area contributed by atoms with Crippen molar-refractivity contribution >= 4 is 22.4 Å². The summed E-state index contributed by atoms with van der Waals surface area (Å²) in [6.07, 6.45) is 0. The highest BCUT2D eigenvalue weighted by molar-refractivity contribution is 7.16. The van der Waals surface area contributed by atoms with E-state index in [0.29, 0.717) is 5.13 Å². The highest BCUT2D eigenvalue weighted by atomic mass is 32.1. The van der Waals surface area contributed by atoms with Crippen LogP contribution in [0.4, 0.5) is 13.9 Å². The molecule has 0 aliphatic heterocycles. The van der Waals surface area contributed by atoms with E-state index in [1.807, 2.05) is 31.2 Å². The van der Waals surface area contributed by atoms with Crippen molar-refractivity contribution in [2.75, 3.05) is 12.4 Å². The number of thiazole rings is 1. The first kappa shape index (κ1) is 17.0. The Labute approximate surface area is 147 Å². The number of benzene rings is 2. The summed E-state index contributed by atoms with van der Waals surface area (Å²) >= 11 is 1.31. The average molecular weight is 360 g/mol. The number of amides is 1. The fourth-order valence-corrected chi connectivity index (χ4v) is 3.10. The van der Waals surface area contributed by atoms with Gasteiger partial charge in [-0.3, -0.25) is 10.1 Å². The maximum absolute atomic E-state index is 13.3. The van der Waals surface area contributed by atoms with Crippen LogP contribution in [0.5, 0.6) is 5.75 Å².